The van der Waals surface area contributed by atoms with Gasteiger partial charge in [-0.2, -0.15) is 10.2 Å². The molecule has 1 amide bonds. The molecule has 0 bridgehead atoms. The van der Waals surface area contributed by atoms with E-state index >= 15 is 0 Å². The average Bonchev–Trinajstić information content (AvgIpc) is 2.83. The maximum atomic E-state index is 13.1. The summed E-state index contributed by atoms with van der Waals surface area (Å²) in [5, 5.41) is 11.2. The van der Waals surface area contributed by atoms with Crippen LogP contribution in [0.1, 0.15) is 0 Å². The zero-order valence-corrected chi connectivity index (χ0v) is 17.5. The van der Waals surface area contributed by atoms with Crippen molar-refractivity contribution in [2.45, 2.75) is 13.1 Å². The van der Waals surface area contributed by atoms with E-state index < -0.39 is 11.5 Å². The molecule has 0 aliphatic heterocycles. The second kappa shape index (κ2) is 9.82. The van der Waals surface area contributed by atoms with Gasteiger partial charge in [0.25, 0.3) is 11.1 Å². The van der Waals surface area contributed by atoms with Crippen LogP contribution in [-0.2, 0) is 17.9 Å². The number of hydrogen-bond donors (Lipinski definition) is 1. The second-order valence-corrected chi connectivity index (χ2v) is 7.22. The van der Waals surface area contributed by atoms with Crippen LogP contribution in [0.15, 0.2) is 88.5 Å². The molecular weight excluding hydrogens is 425 g/mol. The van der Waals surface area contributed by atoms with Crippen molar-refractivity contribution in [3.8, 4) is 22.5 Å². The quantitative estimate of drug-likeness (QED) is 0.470. The first-order valence-electron chi connectivity index (χ1n) is 10.2. The van der Waals surface area contributed by atoms with Gasteiger partial charge in [0.2, 0.25) is 5.91 Å². The van der Waals surface area contributed by atoms with E-state index in [0.717, 1.165) is 10.2 Å². The summed E-state index contributed by atoms with van der Waals surface area (Å²) in [6.45, 7) is 0.00911. The molecule has 0 spiro atoms. The number of nitrogens with zero attached hydrogens (tertiary/aromatic N) is 4. The minimum Gasteiger partial charge on any atom is -0.353 e. The van der Waals surface area contributed by atoms with Gasteiger partial charge in [-0.3, -0.25) is 14.4 Å². The van der Waals surface area contributed by atoms with Gasteiger partial charge in [0.15, 0.2) is 0 Å². The minimum atomic E-state index is -0.419. The van der Waals surface area contributed by atoms with Gasteiger partial charge in [0, 0.05) is 29.8 Å². The van der Waals surface area contributed by atoms with Gasteiger partial charge in [-0.25, -0.2) is 13.8 Å². The smallest absolute Gasteiger partial charge is 0.267 e. The molecule has 4 rings (SSSR count). The Kier molecular flexibility index (Phi) is 6.49. The lowest BCUT2D eigenvalue weighted by Gasteiger charge is -2.10. The van der Waals surface area contributed by atoms with Crippen LogP contribution in [0.4, 0.5) is 4.39 Å². The molecule has 2 aromatic heterocycles. The third-order valence-corrected chi connectivity index (χ3v) is 4.88. The average molecular weight is 445 g/mol. The molecule has 0 aliphatic rings. The topological polar surface area (TPSA) is 98.9 Å². The highest BCUT2D eigenvalue weighted by atomic mass is 19.1. The molecule has 0 fully saturated rings. The van der Waals surface area contributed by atoms with Crippen LogP contribution in [0.2, 0.25) is 0 Å². The van der Waals surface area contributed by atoms with Gasteiger partial charge in [-0.1, -0.05) is 30.3 Å². The molecule has 2 heterocycles. The Bertz CT molecular complexity index is 1380. The highest BCUT2D eigenvalue weighted by Gasteiger charge is 2.09. The lowest BCUT2D eigenvalue weighted by Crippen LogP contribution is -2.36. The van der Waals surface area contributed by atoms with E-state index in [1.165, 1.54) is 28.9 Å². The normalized spacial score (nSPS) is 10.7. The monoisotopic (exact) mass is 445 g/mol. The minimum absolute atomic E-state index is 0.131. The summed E-state index contributed by atoms with van der Waals surface area (Å²) in [5.41, 5.74) is 1.86. The molecule has 9 heteroatoms. The van der Waals surface area contributed by atoms with Crippen molar-refractivity contribution >= 4 is 5.91 Å². The van der Waals surface area contributed by atoms with E-state index in [1.807, 2.05) is 30.3 Å². The van der Waals surface area contributed by atoms with Crippen molar-refractivity contribution in [2.75, 3.05) is 6.54 Å². The first-order chi connectivity index (χ1) is 16.0. The van der Waals surface area contributed by atoms with Crippen LogP contribution in [0, 0.1) is 5.82 Å². The molecule has 166 valence electrons. The molecule has 2 aromatic carbocycles. The highest BCUT2D eigenvalue weighted by Crippen LogP contribution is 2.15. The molecule has 0 radical (unpaired) electrons. The summed E-state index contributed by atoms with van der Waals surface area (Å²) in [7, 11) is 0. The van der Waals surface area contributed by atoms with Gasteiger partial charge < -0.3 is 5.32 Å². The van der Waals surface area contributed by atoms with Crippen LogP contribution >= 0.6 is 0 Å². The van der Waals surface area contributed by atoms with E-state index in [-0.39, 0.29) is 31.0 Å². The first-order valence-corrected chi connectivity index (χ1v) is 10.2. The van der Waals surface area contributed by atoms with Crippen molar-refractivity contribution in [1.29, 1.82) is 0 Å². The lowest BCUT2D eigenvalue weighted by molar-refractivity contribution is -0.121. The molecule has 0 saturated carbocycles. The van der Waals surface area contributed by atoms with Crippen LogP contribution in [0.25, 0.3) is 22.5 Å². The van der Waals surface area contributed by atoms with Gasteiger partial charge in [0.05, 0.1) is 17.9 Å². The zero-order valence-electron chi connectivity index (χ0n) is 17.5. The number of rotatable bonds is 7. The van der Waals surface area contributed by atoms with Gasteiger partial charge in [0.1, 0.15) is 12.4 Å². The number of carbonyl (C=O) groups excluding carboxylic acids is 1. The third kappa shape index (κ3) is 5.45. The molecule has 0 saturated heterocycles. The predicted molar refractivity (Wildman–Crippen MR) is 121 cm³/mol. The van der Waals surface area contributed by atoms with Crippen LogP contribution in [0.5, 0.6) is 0 Å². The SMILES string of the molecule is O=C(Cn1nc(-c2ccccc2)ccc1=O)NCCn1nc(-c2ccc(F)cc2)ccc1=O. The van der Waals surface area contributed by atoms with Crippen molar-refractivity contribution in [2.24, 2.45) is 0 Å². The van der Waals surface area contributed by atoms with E-state index in [1.54, 1.807) is 24.3 Å². The molecule has 0 aliphatic carbocycles. The van der Waals surface area contributed by atoms with Crippen LogP contribution in [0.3, 0.4) is 0 Å². The third-order valence-electron chi connectivity index (χ3n) is 4.88. The van der Waals surface area contributed by atoms with Gasteiger partial charge in [-0.05, 0) is 36.4 Å². The maximum absolute atomic E-state index is 13.1. The first kappa shape index (κ1) is 21.8. The highest BCUT2D eigenvalue weighted by molar-refractivity contribution is 5.75. The molecule has 0 atom stereocenters. The lowest BCUT2D eigenvalue weighted by atomic mass is 10.1. The van der Waals surface area contributed by atoms with E-state index in [0.29, 0.717) is 17.0 Å². The fourth-order valence-corrected chi connectivity index (χ4v) is 3.20. The predicted octanol–water partition coefficient (Wildman–Crippen LogP) is 2.09. The number of aromatic nitrogens is 4. The number of nitrogens with one attached hydrogen (secondary N) is 1. The fourth-order valence-electron chi connectivity index (χ4n) is 3.20. The van der Waals surface area contributed by atoms with Crippen molar-refractivity contribution in [3.05, 3.63) is 105 Å². The summed E-state index contributed by atoms with van der Waals surface area (Å²) in [5.74, 6) is -0.782. The van der Waals surface area contributed by atoms with E-state index in [2.05, 4.69) is 15.5 Å². The summed E-state index contributed by atoms with van der Waals surface area (Å²) < 4.78 is 15.5. The Morgan fingerprint density at radius 3 is 2.00 bits per heavy atom. The summed E-state index contributed by atoms with van der Waals surface area (Å²) >= 11 is 0. The standard InChI is InChI=1S/C24H20FN5O3/c25-19-8-6-18(7-9-19)21-10-12-23(32)29(27-21)15-14-26-22(31)16-30-24(33)13-11-20(28-30)17-4-2-1-3-5-17/h1-13H,14-16H2,(H,26,31). The molecule has 8 nitrogen and oxygen atoms in total. The summed E-state index contributed by atoms with van der Waals surface area (Å²) in [6, 6.07) is 21.0. The molecule has 33 heavy (non-hydrogen) atoms. The Morgan fingerprint density at radius 2 is 1.33 bits per heavy atom. The Labute approximate surface area is 187 Å². The van der Waals surface area contributed by atoms with Gasteiger partial charge in [-0.15, -0.1) is 0 Å². The molecule has 4 aromatic rings. The number of carbonyl (C=O) groups is 1. The molecule has 1 N–H and O–H groups in total. The van der Waals surface area contributed by atoms with Crippen LogP contribution in [-0.4, -0.2) is 32.0 Å². The maximum Gasteiger partial charge on any atom is 0.267 e. The number of halogens is 1. The Morgan fingerprint density at radius 1 is 0.758 bits per heavy atom. The molecule has 0 unspecified atom stereocenters. The molecular formula is C24H20FN5O3. The van der Waals surface area contributed by atoms with E-state index in [9.17, 15) is 18.8 Å². The van der Waals surface area contributed by atoms with Crippen molar-refractivity contribution < 1.29 is 9.18 Å². The summed E-state index contributed by atoms with van der Waals surface area (Å²) in [4.78, 5) is 36.6. The van der Waals surface area contributed by atoms with Crippen molar-refractivity contribution in [3.63, 3.8) is 0 Å². The van der Waals surface area contributed by atoms with E-state index in [4.69, 9.17) is 0 Å². The number of amides is 1. The summed E-state index contributed by atoms with van der Waals surface area (Å²) in [6.07, 6.45) is 0. The Balaban J connectivity index is 1.39. The largest absolute Gasteiger partial charge is 0.353 e. The van der Waals surface area contributed by atoms with Crippen LogP contribution < -0.4 is 16.4 Å². The Hall–Kier alpha value is -4.40. The van der Waals surface area contributed by atoms with Gasteiger partial charge >= 0.3 is 0 Å². The second-order valence-electron chi connectivity index (χ2n) is 7.22. The zero-order chi connectivity index (χ0) is 23.2. The fraction of sp³-hybridized carbons (Fsp3) is 0.125. The number of hydrogen-bond acceptors (Lipinski definition) is 5. The van der Waals surface area contributed by atoms with Crippen molar-refractivity contribution in [1.82, 2.24) is 24.9 Å². The number of benzene rings is 2.